The molecule has 0 bridgehead atoms. The average molecular weight is 302 g/mol. The lowest BCUT2D eigenvalue weighted by Crippen LogP contribution is -2.13. The molecule has 0 aromatic carbocycles. The lowest BCUT2D eigenvalue weighted by atomic mass is 9.94. The number of aliphatic hydroxyl groups is 1. The van der Waals surface area contributed by atoms with Crippen molar-refractivity contribution in [1.29, 1.82) is 0 Å². The quantitative estimate of drug-likeness (QED) is 0.403. The van der Waals surface area contributed by atoms with Crippen molar-refractivity contribution >= 4 is 11.9 Å². The van der Waals surface area contributed by atoms with E-state index in [1.165, 1.54) is 0 Å². The summed E-state index contributed by atoms with van der Waals surface area (Å²) in [6.07, 6.45) is 9.81. The van der Waals surface area contributed by atoms with Gasteiger partial charge in [0.2, 0.25) is 0 Å². The van der Waals surface area contributed by atoms with E-state index < -0.39 is 11.9 Å². The smallest absolute Gasteiger partial charge is 0.306 e. The Morgan fingerprint density at radius 3 is 1.67 bits per heavy atom. The van der Waals surface area contributed by atoms with Crippen LogP contribution in [0.3, 0.4) is 0 Å². The number of rotatable bonds is 15. The maximum atomic E-state index is 11.2. The van der Waals surface area contributed by atoms with E-state index in [0.717, 1.165) is 57.8 Å². The molecule has 5 nitrogen and oxygen atoms in total. The average Bonchev–Trinajstić information content (AvgIpc) is 2.43. The highest BCUT2D eigenvalue weighted by Gasteiger charge is 2.16. The van der Waals surface area contributed by atoms with Gasteiger partial charge in [0.15, 0.2) is 0 Å². The molecule has 5 heteroatoms. The van der Waals surface area contributed by atoms with E-state index in [-0.39, 0.29) is 18.9 Å². The molecule has 124 valence electrons. The van der Waals surface area contributed by atoms with Crippen LogP contribution >= 0.6 is 0 Å². The fourth-order valence-electron chi connectivity index (χ4n) is 2.44. The second-order valence-electron chi connectivity index (χ2n) is 5.66. The third-order valence-corrected chi connectivity index (χ3v) is 3.75. The molecule has 0 aromatic rings. The summed E-state index contributed by atoms with van der Waals surface area (Å²) in [4.78, 5) is 21.5. The zero-order chi connectivity index (χ0) is 15.9. The zero-order valence-electron chi connectivity index (χ0n) is 12.9. The predicted molar refractivity (Wildman–Crippen MR) is 81.3 cm³/mol. The Morgan fingerprint density at radius 1 is 0.714 bits per heavy atom. The summed E-state index contributed by atoms with van der Waals surface area (Å²) in [5.41, 5.74) is 0. The number of carboxylic acid groups (broad SMARTS) is 2. The van der Waals surface area contributed by atoms with Crippen molar-refractivity contribution in [3.05, 3.63) is 0 Å². The van der Waals surface area contributed by atoms with Crippen LogP contribution in [-0.2, 0) is 9.59 Å². The first kappa shape index (κ1) is 19.9. The summed E-state index contributed by atoms with van der Waals surface area (Å²) < 4.78 is 0. The van der Waals surface area contributed by atoms with Crippen LogP contribution in [0.4, 0.5) is 0 Å². The van der Waals surface area contributed by atoms with Crippen molar-refractivity contribution in [1.82, 2.24) is 0 Å². The van der Waals surface area contributed by atoms with Gasteiger partial charge in [-0.2, -0.15) is 0 Å². The second-order valence-corrected chi connectivity index (χ2v) is 5.66. The lowest BCUT2D eigenvalue weighted by molar-refractivity contribution is -0.142. The van der Waals surface area contributed by atoms with Gasteiger partial charge in [-0.15, -0.1) is 0 Å². The molecule has 0 aliphatic carbocycles. The van der Waals surface area contributed by atoms with Crippen molar-refractivity contribution < 1.29 is 24.9 Å². The van der Waals surface area contributed by atoms with Crippen molar-refractivity contribution in [2.24, 2.45) is 5.92 Å². The minimum atomic E-state index is -0.748. The topological polar surface area (TPSA) is 94.8 Å². The Hall–Kier alpha value is -1.10. The van der Waals surface area contributed by atoms with Crippen LogP contribution in [0, 0.1) is 5.92 Å². The van der Waals surface area contributed by atoms with Crippen molar-refractivity contribution in [3.63, 3.8) is 0 Å². The van der Waals surface area contributed by atoms with Crippen LogP contribution in [-0.4, -0.2) is 33.9 Å². The van der Waals surface area contributed by atoms with E-state index in [4.69, 9.17) is 10.2 Å². The molecule has 0 amide bonds. The Kier molecular flexibility index (Phi) is 13.1. The molecule has 0 saturated carbocycles. The first-order valence-electron chi connectivity index (χ1n) is 8.13. The van der Waals surface area contributed by atoms with Gasteiger partial charge in [-0.05, 0) is 25.7 Å². The highest BCUT2D eigenvalue weighted by atomic mass is 16.4. The van der Waals surface area contributed by atoms with Crippen molar-refractivity contribution in [2.75, 3.05) is 6.61 Å². The second kappa shape index (κ2) is 13.9. The molecule has 0 spiro atoms. The number of hydrogen-bond donors (Lipinski definition) is 3. The first-order chi connectivity index (χ1) is 10.1. The van der Waals surface area contributed by atoms with Gasteiger partial charge < -0.3 is 15.3 Å². The molecule has 21 heavy (non-hydrogen) atoms. The Morgan fingerprint density at radius 2 is 1.19 bits per heavy atom. The maximum Gasteiger partial charge on any atom is 0.306 e. The van der Waals surface area contributed by atoms with E-state index in [1.54, 1.807) is 0 Å². The minimum absolute atomic E-state index is 0.213. The van der Waals surface area contributed by atoms with Gasteiger partial charge in [0.1, 0.15) is 0 Å². The Bertz CT molecular complexity index is 278. The molecule has 3 N–H and O–H groups in total. The van der Waals surface area contributed by atoms with Gasteiger partial charge in [0.05, 0.1) is 5.92 Å². The Labute approximate surface area is 127 Å². The normalized spacial score (nSPS) is 12.2. The summed E-state index contributed by atoms with van der Waals surface area (Å²) >= 11 is 0. The fourth-order valence-corrected chi connectivity index (χ4v) is 2.44. The number of carbonyl (C=O) groups is 2. The molecule has 0 aliphatic rings. The van der Waals surface area contributed by atoms with E-state index in [0.29, 0.717) is 12.8 Å². The van der Waals surface area contributed by atoms with E-state index in [1.807, 2.05) is 0 Å². The molecular weight excluding hydrogens is 272 g/mol. The van der Waals surface area contributed by atoms with Gasteiger partial charge in [-0.1, -0.05) is 44.9 Å². The first-order valence-corrected chi connectivity index (χ1v) is 8.13. The summed E-state index contributed by atoms with van der Waals surface area (Å²) in [5.74, 6) is -1.71. The number of unbranched alkanes of at least 4 members (excludes halogenated alkanes) is 7. The van der Waals surface area contributed by atoms with Gasteiger partial charge in [-0.3, -0.25) is 9.59 Å². The summed E-state index contributed by atoms with van der Waals surface area (Å²) in [5, 5.41) is 26.4. The SMILES string of the molecule is O=C(O)CCCCCCCC(CCCCCCO)C(=O)O. The highest BCUT2D eigenvalue weighted by Crippen LogP contribution is 2.19. The standard InChI is InChI=1S/C16H30O5/c17-13-9-5-4-7-11-14(16(20)21)10-6-2-1-3-8-12-15(18)19/h14,17H,1-13H2,(H,18,19)(H,20,21). The molecule has 0 rings (SSSR count). The van der Waals surface area contributed by atoms with E-state index in [2.05, 4.69) is 0 Å². The molecule has 0 radical (unpaired) electrons. The van der Waals surface area contributed by atoms with Crippen LogP contribution < -0.4 is 0 Å². The highest BCUT2D eigenvalue weighted by molar-refractivity contribution is 5.69. The Balaban J connectivity index is 3.56. The van der Waals surface area contributed by atoms with Gasteiger partial charge in [-0.25, -0.2) is 0 Å². The molecule has 0 fully saturated rings. The molecule has 0 aliphatic heterocycles. The number of aliphatic hydroxyl groups excluding tert-OH is 1. The fraction of sp³-hybridized carbons (Fsp3) is 0.875. The summed E-state index contributed by atoms with van der Waals surface area (Å²) in [7, 11) is 0. The number of aliphatic carboxylic acids is 2. The molecule has 0 saturated heterocycles. The van der Waals surface area contributed by atoms with Crippen molar-refractivity contribution in [2.45, 2.75) is 77.0 Å². The van der Waals surface area contributed by atoms with Crippen LogP contribution in [0.1, 0.15) is 77.0 Å². The number of hydrogen-bond acceptors (Lipinski definition) is 3. The maximum absolute atomic E-state index is 11.2. The van der Waals surface area contributed by atoms with Crippen LogP contribution in [0.5, 0.6) is 0 Å². The molecule has 1 unspecified atom stereocenters. The van der Waals surface area contributed by atoms with Gasteiger partial charge in [0.25, 0.3) is 0 Å². The summed E-state index contributed by atoms with van der Waals surface area (Å²) in [6, 6.07) is 0. The zero-order valence-corrected chi connectivity index (χ0v) is 12.9. The molecule has 0 aromatic heterocycles. The largest absolute Gasteiger partial charge is 0.481 e. The third-order valence-electron chi connectivity index (χ3n) is 3.75. The van der Waals surface area contributed by atoms with Crippen LogP contribution in [0.25, 0.3) is 0 Å². The third kappa shape index (κ3) is 13.6. The molecule has 1 atom stereocenters. The van der Waals surface area contributed by atoms with Crippen LogP contribution in [0.2, 0.25) is 0 Å². The van der Waals surface area contributed by atoms with Gasteiger partial charge >= 0.3 is 11.9 Å². The van der Waals surface area contributed by atoms with E-state index in [9.17, 15) is 14.7 Å². The van der Waals surface area contributed by atoms with E-state index >= 15 is 0 Å². The molecule has 0 heterocycles. The molecular formula is C16H30O5. The monoisotopic (exact) mass is 302 g/mol. The minimum Gasteiger partial charge on any atom is -0.481 e. The van der Waals surface area contributed by atoms with Gasteiger partial charge in [0, 0.05) is 13.0 Å². The number of carboxylic acids is 2. The summed E-state index contributed by atoms with van der Waals surface area (Å²) in [6.45, 7) is 0.213. The van der Waals surface area contributed by atoms with Crippen molar-refractivity contribution in [3.8, 4) is 0 Å². The van der Waals surface area contributed by atoms with Crippen LogP contribution in [0.15, 0.2) is 0 Å². The lowest BCUT2D eigenvalue weighted by Gasteiger charge is -2.12. The predicted octanol–water partition coefficient (Wildman–Crippen LogP) is 3.45.